The van der Waals surface area contributed by atoms with Gasteiger partial charge in [0.2, 0.25) is 5.91 Å². The van der Waals surface area contributed by atoms with Crippen LogP contribution in [0.3, 0.4) is 0 Å². The molecule has 0 radical (unpaired) electrons. The number of nitrogens with zero attached hydrogens (tertiary/aromatic N) is 1. The monoisotopic (exact) mass is 352 g/mol. The van der Waals surface area contributed by atoms with Gasteiger partial charge in [-0.1, -0.05) is 18.2 Å². The van der Waals surface area contributed by atoms with Crippen molar-refractivity contribution in [3.05, 3.63) is 53.6 Å². The van der Waals surface area contributed by atoms with E-state index in [4.69, 9.17) is 4.74 Å². The van der Waals surface area contributed by atoms with E-state index in [0.29, 0.717) is 22.7 Å². The fraction of sp³-hybridized carbons (Fsp3) is 0.250. The molecule has 0 saturated heterocycles. The summed E-state index contributed by atoms with van der Waals surface area (Å²) in [7, 11) is 0. The van der Waals surface area contributed by atoms with Crippen LogP contribution in [0.4, 0.5) is 11.4 Å². The van der Waals surface area contributed by atoms with Crippen molar-refractivity contribution < 1.29 is 19.1 Å². The molecule has 1 atom stereocenters. The number of benzene rings is 2. The van der Waals surface area contributed by atoms with Gasteiger partial charge in [0.15, 0.2) is 12.4 Å². The van der Waals surface area contributed by atoms with Crippen molar-refractivity contribution in [2.45, 2.75) is 26.8 Å². The van der Waals surface area contributed by atoms with Crippen LogP contribution in [-0.4, -0.2) is 30.2 Å². The third-order valence-corrected chi connectivity index (χ3v) is 4.41. The van der Waals surface area contributed by atoms with E-state index >= 15 is 0 Å². The summed E-state index contributed by atoms with van der Waals surface area (Å²) in [6.07, 6.45) is 0. The van der Waals surface area contributed by atoms with Crippen molar-refractivity contribution in [1.29, 1.82) is 0 Å². The molecule has 1 aliphatic rings. The maximum Gasteiger partial charge on any atom is 0.265 e. The third kappa shape index (κ3) is 3.31. The first-order valence-corrected chi connectivity index (χ1v) is 8.35. The zero-order chi connectivity index (χ0) is 18.8. The number of amides is 2. The smallest absolute Gasteiger partial charge is 0.265 e. The van der Waals surface area contributed by atoms with Crippen LogP contribution in [0.5, 0.6) is 5.75 Å². The first kappa shape index (κ1) is 17.7. The Morgan fingerprint density at radius 2 is 1.92 bits per heavy atom. The molecule has 0 spiro atoms. The predicted octanol–water partition coefficient (Wildman–Crippen LogP) is 2.95. The molecule has 6 heteroatoms. The van der Waals surface area contributed by atoms with Crippen molar-refractivity contribution >= 4 is 29.0 Å². The Labute approximate surface area is 151 Å². The fourth-order valence-corrected chi connectivity index (χ4v) is 2.88. The van der Waals surface area contributed by atoms with Crippen molar-refractivity contribution in [2.75, 3.05) is 16.8 Å². The number of hydrogen-bond donors (Lipinski definition) is 1. The Balaban J connectivity index is 1.91. The van der Waals surface area contributed by atoms with Gasteiger partial charge in [0.1, 0.15) is 11.8 Å². The molecule has 26 heavy (non-hydrogen) atoms. The predicted molar refractivity (Wildman–Crippen MR) is 98.7 cm³/mol. The molecule has 3 rings (SSSR count). The van der Waals surface area contributed by atoms with E-state index in [-0.39, 0.29) is 24.2 Å². The van der Waals surface area contributed by atoms with Gasteiger partial charge in [-0.15, -0.1) is 0 Å². The summed E-state index contributed by atoms with van der Waals surface area (Å²) in [5.74, 6) is -0.285. The molecule has 2 aromatic rings. The second kappa shape index (κ2) is 7.00. The lowest BCUT2D eigenvalue weighted by Crippen LogP contribution is -2.49. The second-order valence-electron chi connectivity index (χ2n) is 6.27. The van der Waals surface area contributed by atoms with Crippen LogP contribution >= 0.6 is 0 Å². The summed E-state index contributed by atoms with van der Waals surface area (Å²) in [6.45, 7) is 4.86. The van der Waals surface area contributed by atoms with Gasteiger partial charge >= 0.3 is 0 Å². The number of anilines is 2. The van der Waals surface area contributed by atoms with Crippen LogP contribution in [0.1, 0.15) is 29.8 Å². The average molecular weight is 352 g/mol. The second-order valence-corrected chi connectivity index (χ2v) is 6.27. The highest BCUT2D eigenvalue weighted by Crippen LogP contribution is 2.34. The SMILES string of the molecule is CC(=O)c1ccc2c(c1)N(C(C)C(=O)Nc1ccccc1C)C(=O)CO2. The number of nitrogens with one attached hydrogen (secondary N) is 1. The van der Waals surface area contributed by atoms with Gasteiger partial charge in [0.25, 0.3) is 5.91 Å². The number of ether oxygens (including phenoxy) is 1. The number of carbonyl (C=O) groups excluding carboxylic acids is 3. The van der Waals surface area contributed by atoms with Gasteiger partial charge in [0, 0.05) is 11.3 Å². The molecule has 1 aliphatic heterocycles. The zero-order valence-electron chi connectivity index (χ0n) is 14.9. The summed E-state index contributed by atoms with van der Waals surface area (Å²) >= 11 is 0. The van der Waals surface area contributed by atoms with Crippen LogP contribution in [0.2, 0.25) is 0 Å². The third-order valence-electron chi connectivity index (χ3n) is 4.41. The molecular formula is C20H20N2O4. The first-order valence-electron chi connectivity index (χ1n) is 8.35. The Kier molecular flexibility index (Phi) is 4.75. The van der Waals surface area contributed by atoms with Crippen LogP contribution in [0.25, 0.3) is 0 Å². The Bertz CT molecular complexity index is 891. The number of ketones is 1. The topological polar surface area (TPSA) is 75.7 Å². The molecule has 0 saturated carbocycles. The van der Waals surface area contributed by atoms with Crippen molar-refractivity contribution in [2.24, 2.45) is 0 Å². The number of carbonyl (C=O) groups is 3. The van der Waals surface area contributed by atoms with Gasteiger partial charge in [-0.2, -0.15) is 0 Å². The maximum atomic E-state index is 12.7. The highest BCUT2D eigenvalue weighted by Gasteiger charge is 2.33. The van der Waals surface area contributed by atoms with E-state index in [1.165, 1.54) is 11.8 Å². The van der Waals surface area contributed by atoms with E-state index < -0.39 is 6.04 Å². The highest BCUT2D eigenvalue weighted by atomic mass is 16.5. The molecule has 0 bridgehead atoms. The Hall–Kier alpha value is -3.15. The summed E-state index contributed by atoms with van der Waals surface area (Å²) in [5, 5.41) is 2.86. The molecule has 1 unspecified atom stereocenters. The summed E-state index contributed by atoms with van der Waals surface area (Å²) < 4.78 is 5.43. The van der Waals surface area contributed by atoms with E-state index in [1.54, 1.807) is 25.1 Å². The normalized spacial score (nSPS) is 14.3. The lowest BCUT2D eigenvalue weighted by atomic mass is 10.1. The van der Waals surface area contributed by atoms with Gasteiger partial charge < -0.3 is 10.1 Å². The molecule has 0 aromatic heterocycles. The van der Waals surface area contributed by atoms with E-state index in [0.717, 1.165) is 5.56 Å². The zero-order valence-corrected chi connectivity index (χ0v) is 14.9. The molecule has 1 heterocycles. The lowest BCUT2D eigenvalue weighted by Gasteiger charge is -2.33. The summed E-state index contributed by atoms with van der Waals surface area (Å²) in [6, 6.07) is 11.6. The minimum atomic E-state index is -0.757. The van der Waals surface area contributed by atoms with Gasteiger partial charge in [-0.3, -0.25) is 19.3 Å². The number of aryl methyl sites for hydroxylation is 1. The van der Waals surface area contributed by atoms with Crippen LogP contribution in [0, 0.1) is 6.92 Å². The molecule has 6 nitrogen and oxygen atoms in total. The molecular weight excluding hydrogens is 332 g/mol. The van der Waals surface area contributed by atoms with E-state index in [1.807, 2.05) is 31.2 Å². The molecule has 0 aliphatic carbocycles. The summed E-state index contributed by atoms with van der Waals surface area (Å²) in [5.41, 5.74) is 2.52. The van der Waals surface area contributed by atoms with Crippen molar-refractivity contribution in [3.63, 3.8) is 0 Å². The van der Waals surface area contributed by atoms with Crippen LogP contribution in [-0.2, 0) is 9.59 Å². The van der Waals surface area contributed by atoms with Gasteiger partial charge in [-0.05, 0) is 50.6 Å². The Morgan fingerprint density at radius 3 is 2.62 bits per heavy atom. The van der Waals surface area contributed by atoms with E-state index in [9.17, 15) is 14.4 Å². The lowest BCUT2D eigenvalue weighted by molar-refractivity contribution is -0.125. The first-order chi connectivity index (χ1) is 12.4. The van der Waals surface area contributed by atoms with E-state index in [2.05, 4.69) is 5.32 Å². The quantitative estimate of drug-likeness (QED) is 0.859. The number of Topliss-reactive ketones (excluding diaryl/α,β-unsaturated/α-hetero) is 1. The fourth-order valence-electron chi connectivity index (χ4n) is 2.88. The standard InChI is InChI=1S/C20H20N2O4/c1-12-6-4-5-7-16(12)21-20(25)13(2)22-17-10-15(14(3)23)8-9-18(17)26-11-19(22)24/h4-10,13H,11H2,1-3H3,(H,21,25). The van der Waals surface area contributed by atoms with Crippen molar-refractivity contribution in [1.82, 2.24) is 0 Å². The number of hydrogen-bond acceptors (Lipinski definition) is 4. The van der Waals surface area contributed by atoms with Gasteiger partial charge in [-0.25, -0.2) is 0 Å². The number of fused-ring (bicyclic) bond motifs is 1. The molecule has 0 fully saturated rings. The molecule has 2 amide bonds. The molecule has 2 aromatic carbocycles. The Morgan fingerprint density at radius 1 is 1.19 bits per heavy atom. The van der Waals surface area contributed by atoms with Crippen molar-refractivity contribution in [3.8, 4) is 5.75 Å². The van der Waals surface area contributed by atoms with Crippen LogP contribution in [0.15, 0.2) is 42.5 Å². The minimum absolute atomic E-state index is 0.122. The maximum absolute atomic E-state index is 12.7. The molecule has 1 N–H and O–H groups in total. The largest absolute Gasteiger partial charge is 0.482 e. The molecule has 134 valence electrons. The average Bonchev–Trinajstić information content (AvgIpc) is 2.62. The highest BCUT2D eigenvalue weighted by molar-refractivity contribution is 6.08. The number of rotatable bonds is 4. The number of para-hydroxylation sites is 1. The van der Waals surface area contributed by atoms with Gasteiger partial charge in [0.05, 0.1) is 5.69 Å². The van der Waals surface area contributed by atoms with Crippen LogP contribution < -0.4 is 15.0 Å². The minimum Gasteiger partial charge on any atom is -0.482 e. The summed E-state index contributed by atoms with van der Waals surface area (Å²) in [4.78, 5) is 38.2.